The number of hydrogen-bond donors (Lipinski definition) is 2. The molecule has 0 saturated carbocycles. The molecule has 128 valence electrons. The van der Waals surface area contributed by atoms with Crippen LogP contribution in [0.5, 0.6) is 0 Å². The Kier molecular flexibility index (Phi) is 4.34. The maximum absolute atomic E-state index is 12.5. The minimum absolute atomic E-state index is 0.0137. The van der Waals surface area contributed by atoms with Gasteiger partial charge in [-0.2, -0.15) is 0 Å². The van der Waals surface area contributed by atoms with Crippen molar-refractivity contribution in [3.8, 4) is 0 Å². The third kappa shape index (κ3) is 3.14. The first-order valence-electron chi connectivity index (χ1n) is 7.81. The van der Waals surface area contributed by atoms with E-state index in [-0.39, 0.29) is 16.9 Å². The number of hydrogen-bond acceptors (Lipinski definition) is 5. The number of para-hydroxylation sites is 2. The van der Waals surface area contributed by atoms with Crippen molar-refractivity contribution in [3.63, 3.8) is 0 Å². The van der Waals surface area contributed by atoms with E-state index in [4.69, 9.17) is 5.73 Å². The summed E-state index contributed by atoms with van der Waals surface area (Å²) in [7, 11) is 0. The summed E-state index contributed by atoms with van der Waals surface area (Å²) < 4.78 is 1.92. The third-order valence-corrected chi connectivity index (χ3v) is 3.82. The van der Waals surface area contributed by atoms with E-state index in [1.54, 1.807) is 0 Å². The van der Waals surface area contributed by atoms with Crippen LogP contribution in [0.3, 0.4) is 0 Å². The number of carbonyl (C=O) groups is 1. The molecule has 3 aromatic rings. The predicted octanol–water partition coefficient (Wildman–Crippen LogP) is 3.19. The summed E-state index contributed by atoms with van der Waals surface area (Å²) in [5, 5.41) is 13.7. The molecule has 2 aromatic carbocycles. The molecule has 0 fully saturated rings. The number of imidazole rings is 1. The molecule has 25 heavy (non-hydrogen) atoms. The number of nitrogens with two attached hydrogens (primary N) is 1. The second-order valence-corrected chi connectivity index (χ2v) is 5.56. The van der Waals surface area contributed by atoms with Crippen molar-refractivity contribution < 1.29 is 9.72 Å². The summed E-state index contributed by atoms with van der Waals surface area (Å²) >= 11 is 0. The van der Waals surface area contributed by atoms with Crippen LogP contribution in [-0.2, 0) is 6.54 Å². The van der Waals surface area contributed by atoms with Crippen molar-refractivity contribution in [2.45, 2.75) is 19.9 Å². The van der Waals surface area contributed by atoms with Crippen LogP contribution in [0.4, 0.5) is 17.3 Å². The molecule has 0 aliphatic rings. The average Bonchev–Trinajstić information content (AvgIpc) is 2.93. The van der Waals surface area contributed by atoms with Crippen LogP contribution in [-0.4, -0.2) is 20.4 Å². The van der Waals surface area contributed by atoms with Gasteiger partial charge in [-0.3, -0.25) is 20.2 Å². The van der Waals surface area contributed by atoms with Gasteiger partial charge in [0.1, 0.15) is 5.69 Å². The number of fused-ring (bicyclic) bond motifs is 1. The molecule has 0 spiro atoms. The van der Waals surface area contributed by atoms with Gasteiger partial charge in [0.2, 0.25) is 5.95 Å². The molecule has 8 heteroatoms. The minimum Gasteiger partial charge on any atom is -0.393 e. The lowest BCUT2D eigenvalue weighted by molar-refractivity contribution is -0.383. The standard InChI is InChI=1S/C17H17N5O3/c1-2-9-21-14-6-4-3-5-13(14)19-17(21)20-16(23)11-7-8-12(18)15(10-11)22(24)25/h3-8,10H,2,9,18H2,1H3,(H,19,20,23). The normalized spacial score (nSPS) is 10.8. The van der Waals surface area contributed by atoms with Crippen molar-refractivity contribution in [1.82, 2.24) is 9.55 Å². The van der Waals surface area contributed by atoms with Gasteiger partial charge in [0.25, 0.3) is 11.6 Å². The summed E-state index contributed by atoms with van der Waals surface area (Å²) in [4.78, 5) is 27.3. The fourth-order valence-corrected chi connectivity index (χ4v) is 2.64. The van der Waals surface area contributed by atoms with Gasteiger partial charge in [0.15, 0.2) is 0 Å². The van der Waals surface area contributed by atoms with Crippen molar-refractivity contribution in [1.29, 1.82) is 0 Å². The molecule has 0 bridgehead atoms. The molecule has 0 aliphatic heterocycles. The summed E-state index contributed by atoms with van der Waals surface area (Å²) in [5.41, 5.74) is 7.13. The largest absolute Gasteiger partial charge is 0.393 e. The second-order valence-electron chi connectivity index (χ2n) is 5.56. The third-order valence-electron chi connectivity index (χ3n) is 3.82. The van der Waals surface area contributed by atoms with Gasteiger partial charge in [-0.1, -0.05) is 19.1 Å². The molecule has 1 amide bonds. The van der Waals surface area contributed by atoms with Gasteiger partial charge in [0, 0.05) is 18.2 Å². The average molecular weight is 339 g/mol. The maximum atomic E-state index is 12.5. The summed E-state index contributed by atoms with van der Waals surface area (Å²) in [6.45, 7) is 2.72. The number of amides is 1. The molecular formula is C17H17N5O3. The zero-order valence-corrected chi connectivity index (χ0v) is 13.6. The Morgan fingerprint density at radius 3 is 2.80 bits per heavy atom. The van der Waals surface area contributed by atoms with Crippen molar-refractivity contribution in [2.75, 3.05) is 11.1 Å². The topological polar surface area (TPSA) is 116 Å². The first-order valence-corrected chi connectivity index (χ1v) is 7.81. The van der Waals surface area contributed by atoms with Crippen LogP contribution in [0, 0.1) is 10.1 Å². The molecular weight excluding hydrogens is 322 g/mol. The first-order chi connectivity index (χ1) is 12.0. The lowest BCUT2D eigenvalue weighted by Crippen LogP contribution is -2.16. The van der Waals surface area contributed by atoms with Gasteiger partial charge < -0.3 is 10.3 Å². The van der Waals surface area contributed by atoms with E-state index in [0.717, 1.165) is 23.5 Å². The fourth-order valence-electron chi connectivity index (χ4n) is 2.64. The van der Waals surface area contributed by atoms with Gasteiger partial charge in [-0.25, -0.2) is 4.98 Å². The van der Waals surface area contributed by atoms with E-state index in [0.29, 0.717) is 12.5 Å². The van der Waals surface area contributed by atoms with Crippen LogP contribution in [0.2, 0.25) is 0 Å². The number of aromatic nitrogens is 2. The van der Waals surface area contributed by atoms with Crippen LogP contribution in [0.15, 0.2) is 42.5 Å². The highest BCUT2D eigenvalue weighted by Gasteiger charge is 2.18. The van der Waals surface area contributed by atoms with E-state index in [9.17, 15) is 14.9 Å². The fraction of sp³-hybridized carbons (Fsp3) is 0.176. The highest BCUT2D eigenvalue weighted by Crippen LogP contribution is 2.24. The number of nitrogens with zero attached hydrogens (tertiary/aromatic N) is 3. The SMILES string of the molecule is CCCn1c(NC(=O)c2ccc(N)c([N+](=O)[O-])c2)nc2ccccc21. The van der Waals surface area contributed by atoms with Crippen molar-refractivity contribution in [3.05, 3.63) is 58.1 Å². The number of aryl methyl sites for hydroxylation is 1. The molecule has 1 heterocycles. The lowest BCUT2D eigenvalue weighted by atomic mass is 10.1. The molecule has 0 aliphatic carbocycles. The first kappa shape index (κ1) is 16.4. The highest BCUT2D eigenvalue weighted by atomic mass is 16.6. The van der Waals surface area contributed by atoms with Crippen LogP contribution >= 0.6 is 0 Å². The van der Waals surface area contributed by atoms with Crippen LogP contribution in [0.1, 0.15) is 23.7 Å². The summed E-state index contributed by atoms with van der Waals surface area (Å²) in [6.07, 6.45) is 0.872. The Labute approximate surface area is 143 Å². The Bertz CT molecular complexity index is 964. The number of anilines is 2. The smallest absolute Gasteiger partial charge is 0.292 e. The zero-order chi connectivity index (χ0) is 18.0. The van der Waals surface area contributed by atoms with Crippen molar-refractivity contribution in [2.24, 2.45) is 0 Å². The monoisotopic (exact) mass is 339 g/mol. The van der Waals surface area contributed by atoms with E-state index in [1.807, 2.05) is 35.8 Å². The molecule has 8 nitrogen and oxygen atoms in total. The number of benzene rings is 2. The highest BCUT2D eigenvalue weighted by molar-refractivity contribution is 6.05. The number of nitro groups is 1. The number of rotatable bonds is 5. The second kappa shape index (κ2) is 6.60. The number of carbonyl (C=O) groups excluding carboxylic acids is 1. The van der Waals surface area contributed by atoms with Gasteiger partial charge in [-0.15, -0.1) is 0 Å². The van der Waals surface area contributed by atoms with E-state index in [1.165, 1.54) is 12.1 Å². The lowest BCUT2D eigenvalue weighted by Gasteiger charge is -2.09. The summed E-state index contributed by atoms with van der Waals surface area (Å²) in [5.74, 6) is -0.0664. The predicted molar refractivity (Wildman–Crippen MR) is 95.5 cm³/mol. The Morgan fingerprint density at radius 1 is 1.32 bits per heavy atom. The van der Waals surface area contributed by atoms with Gasteiger partial charge in [-0.05, 0) is 30.7 Å². The molecule has 0 saturated heterocycles. The summed E-state index contributed by atoms with van der Waals surface area (Å²) in [6, 6.07) is 11.5. The Balaban J connectivity index is 1.96. The Hall–Kier alpha value is -3.42. The zero-order valence-electron chi connectivity index (χ0n) is 13.6. The molecule has 3 rings (SSSR count). The molecule has 0 radical (unpaired) electrons. The quantitative estimate of drug-likeness (QED) is 0.421. The van der Waals surface area contributed by atoms with E-state index < -0.39 is 10.8 Å². The maximum Gasteiger partial charge on any atom is 0.292 e. The van der Waals surface area contributed by atoms with E-state index in [2.05, 4.69) is 10.3 Å². The molecule has 3 N–H and O–H groups in total. The number of nitro benzene ring substituents is 1. The van der Waals surface area contributed by atoms with Crippen LogP contribution in [0.25, 0.3) is 11.0 Å². The molecule has 1 aromatic heterocycles. The van der Waals surface area contributed by atoms with Crippen LogP contribution < -0.4 is 11.1 Å². The van der Waals surface area contributed by atoms with Gasteiger partial charge >= 0.3 is 0 Å². The number of nitrogens with one attached hydrogen (secondary N) is 1. The number of nitrogen functional groups attached to an aromatic ring is 1. The minimum atomic E-state index is -0.613. The van der Waals surface area contributed by atoms with E-state index >= 15 is 0 Å². The Morgan fingerprint density at radius 2 is 2.08 bits per heavy atom. The molecule has 0 unspecified atom stereocenters. The molecule has 0 atom stereocenters. The van der Waals surface area contributed by atoms with Crippen molar-refractivity contribution >= 4 is 34.3 Å². The van der Waals surface area contributed by atoms with Gasteiger partial charge in [0.05, 0.1) is 16.0 Å².